The first-order valence-corrected chi connectivity index (χ1v) is 12.2. The van der Waals surface area contributed by atoms with E-state index in [1.807, 2.05) is 52.0 Å². The van der Waals surface area contributed by atoms with Crippen molar-refractivity contribution in [3.63, 3.8) is 0 Å². The molecule has 36 heavy (non-hydrogen) atoms. The molecule has 0 radical (unpaired) electrons. The Morgan fingerprint density at radius 1 is 1.08 bits per heavy atom. The molecule has 3 heterocycles. The lowest BCUT2D eigenvalue weighted by Gasteiger charge is -2.12. The summed E-state index contributed by atoms with van der Waals surface area (Å²) >= 11 is 0. The first-order valence-electron chi connectivity index (χ1n) is 12.2. The number of fused-ring (bicyclic) bond motifs is 1. The summed E-state index contributed by atoms with van der Waals surface area (Å²) in [5.74, 6) is 0.615. The second-order valence-corrected chi connectivity index (χ2v) is 9.32. The molecule has 1 aliphatic heterocycles. The number of amides is 2. The fourth-order valence-electron chi connectivity index (χ4n) is 4.76. The first kappa shape index (κ1) is 23.8. The van der Waals surface area contributed by atoms with Gasteiger partial charge in [-0.15, -0.1) is 0 Å². The summed E-state index contributed by atoms with van der Waals surface area (Å²) in [5.41, 5.74) is 6.59. The number of nitrogens with zero attached hydrogens (tertiary/aromatic N) is 1. The molecule has 186 valence electrons. The Balaban J connectivity index is 1.34. The predicted octanol–water partition coefficient (Wildman–Crippen LogP) is 5.10. The van der Waals surface area contributed by atoms with Crippen LogP contribution in [0.2, 0.25) is 0 Å². The van der Waals surface area contributed by atoms with Gasteiger partial charge < -0.3 is 24.8 Å². The molecule has 3 N–H and O–H groups in total. The summed E-state index contributed by atoms with van der Waals surface area (Å²) in [6.45, 7) is 8.66. The SMILES string of the molecule is Cc1oc(-c2ccccc2NC(=O)[C@H]2CCCO2)nc1CNC(=O)c1[nH]c2c(C)ccc(C)c2c1C. The quantitative estimate of drug-likeness (QED) is 0.351. The number of anilines is 1. The molecule has 2 aromatic carbocycles. The van der Waals surface area contributed by atoms with E-state index < -0.39 is 6.10 Å². The molecule has 0 unspecified atom stereocenters. The van der Waals surface area contributed by atoms with Crippen molar-refractivity contribution in [2.45, 2.75) is 53.2 Å². The highest BCUT2D eigenvalue weighted by molar-refractivity contribution is 6.02. The molecule has 2 amide bonds. The zero-order valence-electron chi connectivity index (χ0n) is 21.0. The molecule has 1 atom stereocenters. The van der Waals surface area contributed by atoms with Gasteiger partial charge in [-0.05, 0) is 69.4 Å². The van der Waals surface area contributed by atoms with Crippen LogP contribution in [0.4, 0.5) is 5.69 Å². The summed E-state index contributed by atoms with van der Waals surface area (Å²) < 4.78 is 11.4. The number of benzene rings is 2. The fourth-order valence-corrected chi connectivity index (χ4v) is 4.76. The molecule has 0 saturated carbocycles. The van der Waals surface area contributed by atoms with E-state index in [4.69, 9.17) is 9.15 Å². The van der Waals surface area contributed by atoms with Gasteiger partial charge >= 0.3 is 0 Å². The zero-order chi connectivity index (χ0) is 25.4. The van der Waals surface area contributed by atoms with Crippen LogP contribution in [0.5, 0.6) is 0 Å². The Bertz CT molecular complexity index is 1460. The Hall–Kier alpha value is -3.91. The molecule has 8 heteroatoms. The van der Waals surface area contributed by atoms with Crippen LogP contribution in [0.25, 0.3) is 22.4 Å². The number of aromatic nitrogens is 2. The van der Waals surface area contributed by atoms with Gasteiger partial charge in [-0.25, -0.2) is 4.98 Å². The average Bonchev–Trinajstić information content (AvgIpc) is 3.60. The molecule has 1 aliphatic rings. The van der Waals surface area contributed by atoms with E-state index in [1.54, 1.807) is 0 Å². The average molecular weight is 487 g/mol. The normalized spacial score (nSPS) is 15.4. The van der Waals surface area contributed by atoms with E-state index in [9.17, 15) is 9.59 Å². The standard InChI is InChI=1S/C28H30N4O4/c1-15-11-12-16(2)24-23(15)17(3)25(32-24)27(34)29-14-21-18(4)36-28(31-21)19-8-5-6-9-20(19)30-26(33)22-10-7-13-35-22/h5-6,8-9,11-12,22,32H,7,10,13-14H2,1-4H3,(H,29,34)(H,30,33)/t22-/m1/s1. The number of carbonyl (C=O) groups is 2. The predicted molar refractivity (Wildman–Crippen MR) is 138 cm³/mol. The number of hydrogen-bond acceptors (Lipinski definition) is 5. The third kappa shape index (κ3) is 4.40. The van der Waals surface area contributed by atoms with Gasteiger partial charge in [-0.3, -0.25) is 9.59 Å². The van der Waals surface area contributed by atoms with Gasteiger partial charge in [0.05, 0.1) is 17.8 Å². The molecule has 1 fully saturated rings. The number of nitrogens with one attached hydrogen (secondary N) is 3. The molecule has 5 rings (SSSR count). The van der Waals surface area contributed by atoms with Crippen LogP contribution in [0.1, 0.15) is 51.5 Å². The third-order valence-electron chi connectivity index (χ3n) is 6.80. The Kier molecular flexibility index (Phi) is 6.36. The van der Waals surface area contributed by atoms with Crippen molar-refractivity contribution in [1.82, 2.24) is 15.3 Å². The number of carbonyl (C=O) groups excluding carboxylic acids is 2. The lowest BCUT2D eigenvalue weighted by Crippen LogP contribution is -2.27. The van der Waals surface area contributed by atoms with E-state index in [1.165, 1.54) is 0 Å². The van der Waals surface area contributed by atoms with E-state index in [0.29, 0.717) is 47.3 Å². The Labute approximate surface area is 209 Å². The summed E-state index contributed by atoms with van der Waals surface area (Å²) in [7, 11) is 0. The van der Waals surface area contributed by atoms with Crippen molar-refractivity contribution in [1.29, 1.82) is 0 Å². The van der Waals surface area contributed by atoms with Gasteiger partial charge in [-0.2, -0.15) is 0 Å². The highest BCUT2D eigenvalue weighted by atomic mass is 16.5. The van der Waals surface area contributed by atoms with Gasteiger partial charge in [0.15, 0.2) is 0 Å². The van der Waals surface area contributed by atoms with E-state index >= 15 is 0 Å². The monoisotopic (exact) mass is 486 g/mol. The van der Waals surface area contributed by atoms with Crippen LogP contribution >= 0.6 is 0 Å². The molecule has 4 aromatic rings. The highest BCUT2D eigenvalue weighted by Gasteiger charge is 2.25. The number of aromatic amines is 1. The number of para-hydroxylation sites is 1. The maximum atomic E-state index is 13.1. The number of H-pyrrole nitrogens is 1. The summed E-state index contributed by atoms with van der Waals surface area (Å²) in [5, 5.41) is 6.99. The maximum absolute atomic E-state index is 13.1. The van der Waals surface area contributed by atoms with Crippen molar-refractivity contribution in [3.8, 4) is 11.5 Å². The van der Waals surface area contributed by atoms with Gasteiger partial charge in [0.1, 0.15) is 23.3 Å². The van der Waals surface area contributed by atoms with E-state index in [0.717, 1.165) is 34.0 Å². The zero-order valence-corrected chi connectivity index (χ0v) is 21.0. The number of aryl methyl sites for hydroxylation is 4. The molecule has 0 aliphatic carbocycles. The van der Waals surface area contributed by atoms with Crippen LogP contribution < -0.4 is 10.6 Å². The third-order valence-corrected chi connectivity index (χ3v) is 6.80. The lowest BCUT2D eigenvalue weighted by molar-refractivity contribution is -0.124. The van der Waals surface area contributed by atoms with Gasteiger partial charge in [0.25, 0.3) is 11.8 Å². The summed E-state index contributed by atoms with van der Waals surface area (Å²) in [6, 6.07) is 11.5. The van der Waals surface area contributed by atoms with Crippen molar-refractivity contribution < 1.29 is 18.7 Å². The largest absolute Gasteiger partial charge is 0.441 e. The maximum Gasteiger partial charge on any atom is 0.268 e. The highest BCUT2D eigenvalue weighted by Crippen LogP contribution is 2.30. The van der Waals surface area contributed by atoms with Crippen molar-refractivity contribution in [3.05, 3.63) is 70.2 Å². The molecule has 0 bridgehead atoms. The topological polar surface area (TPSA) is 109 Å². The van der Waals surface area contributed by atoms with Gasteiger partial charge in [0.2, 0.25) is 5.89 Å². The minimum absolute atomic E-state index is 0.171. The minimum Gasteiger partial charge on any atom is -0.441 e. The summed E-state index contributed by atoms with van der Waals surface area (Å²) in [6.07, 6.45) is 1.16. The lowest BCUT2D eigenvalue weighted by atomic mass is 10.0. The number of rotatable bonds is 6. The van der Waals surface area contributed by atoms with Crippen LogP contribution in [0.3, 0.4) is 0 Å². The molecular weight excluding hydrogens is 456 g/mol. The molecule has 2 aromatic heterocycles. The fraction of sp³-hybridized carbons (Fsp3) is 0.321. The van der Waals surface area contributed by atoms with Crippen LogP contribution in [0, 0.1) is 27.7 Å². The second-order valence-electron chi connectivity index (χ2n) is 9.32. The van der Waals surface area contributed by atoms with Crippen molar-refractivity contribution >= 4 is 28.4 Å². The molecular formula is C28H30N4O4. The van der Waals surface area contributed by atoms with E-state index in [2.05, 4.69) is 32.7 Å². The van der Waals surface area contributed by atoms with Gasteiger partial charge in [0, 0.05) is 17.5 Å². The number of oxazole rings is 1. The minimum atomic E-state index is -0.434. The van der Waals surface area contributed by atoms with Gasteiger partial charge in [-0.1, -0.05) is 24.3 Å². The smallest absolute Gasteiger partial charge is 0.268 e. The van der Waals surface area contributed by atoms with Crippen molar-refractivity contribution in [2.75, 3.05) is 11.9 Å². The molecule has 1 saturated heterocycles. The van der Waals surface area contributed by atoms with Crippen LogP contribution in [-0.4, -0.2) is 34.5 Å². The first-order chi connectivity index (χ1) is 17.3. The summed E-state index contributed by atoms with van der Waals surface area (Å²) in [4.78, 5) is 33.6. The number of ether oxygens (including phenoxy) is 1. The van der Waals surface area contributed by atoms with E-state index in [-0.39, 0.29) is 18.4 Å². The molecule has 8 nitrogen and oxygen atoms in total. The van der Waals surface area contributed by atoms with Crippen molar-refractivity contribution in [2.24, 2.45) is 0 Å². The van der Waals surface area contributed by atoms with Crippen LogP contribution in [-0.2, 0) is 16.1 Å². The Morgan fingerprint density at radius 3 is 2.61 bits per heavy atom. The Morgan fingerprint density at radius 2 is 1.86 bits per heavy atom. The second kappa shape index (κ2) is 9.62. The van der Waals surface area contributed by atoms with Crippen LogP contribution in [0.15, 0.2) is 40.8 Å². The number of hydrogen-bond donors (Lipinski definition) is 3. The molecule has 0 spiro atoms.